The van der Waals surface area contributed by atoms with Crippen LogP contribution in [-0.2, 0) is 10.0 Å². The van der Waals surface area contributed by atoms with Crippen molar-refractivity contribution >= 4 is 32.3 Å². The van der Waals surface area contributed by atoms with Crippen LogP contribution in [0.1, 0.15) is 10.6 Å². The largest absolute Gasteiger partial charge is 0.383 e. The number of aromatic nitrogens is 3. The number of nitrogens with zero attached hydrogens (tertiary/aromatic N) is 2. The molecule has 2 heterocycles. The molecule has 0 aromatic carbocycles. The molecule has 0 aliphatic rings. The van der Waals surface area contributed by atoms with Crippen LogP contribution < -0.4 is 10.5 Å². The van der Waals surface area contributed by atoms with Crippen LogP contribution in [0.4, 0.5) is 10.9 Å². The fourth-order valence-electron chi connectivity index (χ4n) is 1.19. The molecule has 17 heavy (non-hydrogen) atoms. The highest BCUT2D eigenvalue weighted by Gasteiger charge is 2.21. The van der Waals surface area contributed by atoms with Gasteiger partial charge in [0.15, 0.2) is 5.13 Å². The predicted molar refractivity (Wildman–Crippen MR) is 65.4 cm³/mol. The van der Waals surface area contributed by atoms with Gasteiger partial charge in [0.2, 0.25) is 0 Å². The average Bonchev–Trinajstić information content (AvgIpc) is 2.74. The number of hydrogen-bond donors (Lipinski definition) is 3. The Balaban J connectivity index is 2.33. The standard InChI is InChI=1S/C8H11N5O2S2/c1-4-5(2)16-8(11-4)13-17(14,15)6-3-10-12-7(6)9/h3H,1-2H3,(H,11,13)(H3,9,10,12). The van der Waals surface area contributed by atoms with Crippen molar-refractivity contribution in [3.05, 3.63) is 16.8 Å². The first-order valence-corrected chi connectivity index (χ1v) is 6.96. The molecule has 2 aromatic rings. The van der Waals surface area contributed by atoms with Gasteiger partial charge in [-0.05, 0) is 13.8 Å². The summed E-state index contributed by atoms with van der Waals surface area (Å²) < 4.78 is 26.2. The molecule has 0 amide bonds. The SMILES string of the molecule is Cc1nc(NS(=O)(=O)c2cn[nH]c2N)sc1C. The molecule has 0 aliphatic carbocycles. The molecule has 0 bridgehead atoms. The van der Waals surface area contributed by atoms with Crippen molar-refractivity contribution in [2.24, 2.45) is 0 Å². The van der Waals surface area contributed by atoms with Crippen molar-refractivity contribution in [2.75, 3.05) is 10.5 Å². The number of nitrogens with one attached hydrogen (secondary N) is 2. The van der Waals surface area contributed by atoms with Crippen molar-refractivity contribution < 1.29 is 8.42 Å². The number of nitrogen functional groups attached to an aromatic ring is 1. The van der Waals surface area contributed by atoms with Crippen LogP contribution >= 0.6 is 11.3 Å². The maximum absolute atomic E-state index is 11.9. The predicted octanol–water partition coefficient (Wildman–Crippen LogP) is 0.866. The molecule has 7 nitrogen and oxygen atoms in total. The van der Waals surface area contributed by atoms with Crippen molar-refractivity contribution in [3.8, 4) is 0 Å². The van der Waals surface area contributed by atoms with E-state index in [4.69, 9.17) is 5.73 Å². The zero-order chi connectivity index (χ0) is 12.6. The molecule has 0 saturated carbocycles. The number of nitrogens with two attached hydrogens (primary N) is 1. The van der Waals surface area contributed by atoms with Crippen LogP contribution in [0.25, 0.3) is 0 Å². The van der Waals surface area contributed by atoms with Gasteiger partial charge in [0.05, 0.1) is 11.9 Å². The first-order valence-electron chi connectivity index (χ1n) is 4.66. The van der Waals surface area contributed by atoms with Crippen LogP contribution in [0, 0.1) is 13.8 Å². The van der Waals surface area contributed by atoms with Crippen molar-refractivity contribution in [2.45, 2.75) is 18.7 Å². The van der Waals surface area contributed by atoms with Crippen LogP contribution in [0.3, 0.4) is 0 Å². The summed E-state index contributed by atoms with van der Waals surface area (Å²) in [5.41, 5.74) is 6.26. The van der Waals surface area contributed by atoms with E-state index in [0.717, 1.165) is 16.8 Å². The van der Waals surface area contributed by atoms with E-state index in [1.165, 1.54) is 11.3 Å². The molecule has 2 rings (SSSR count). The normalized spacial score (nSPS) is 11.6. The minimum Gasteiger partial charge on any atom is -0.383 e. The first kappa shape index (κ1) is 11.9. The Morgan fingerprint density at radius 2 is 2.18 bits per heavy atom. The van der Waals surface area contributed by atoms with Gasteiger partial charge in [0, 0.05) is 4.88 Å². The number of H-pyrrole nitrogens is 1. The Bertz CT molecular complexity index is 623. The first-order chi connectivity index (χ1) is 7.90. The molecule has 0 radical (unpaired) electrons. The highest BCUT2D eigenvalue weighted by Crippen LogP contribution is 2.25. The summed E-state index contributed by atoms with van der Waals surface area (Å²) in [5.74, 6) is 0.00231. The van der Waals surface area contributed by atoms with Crippen molar-refractivity contribution in [3.63, 3.8) is 0 Å². The third-order valence-corrected chi connectivity index (χ3v) is 4.66. The number of sulfonamides is 1. The number of thiazole rings is 1. The second kappa shape index (κ2) is 4.00. The molecule has 92 valence electrons. The van der Waals surface area contributed by atoms with Gasteiger partial charge in [0.1, 0.15) is 10.7 Å². The Kier molecular flexibility index (Phi) is 2.79. The van der Waals surface area contributed by atoms with E-state index in [2.05, 4.69) is 19.9 Å². The molecular weight excluding hydrogens is 262 g/mol. The third kappa shape index (κ3) is 2.24. The number of anilines is 2. The Morgan fingerprint density at radius 3 is 2.65 bits per heavy atom. The quantitative estimate of drug-likeness (QED) is 0.767. The molecule has 9 heteroatoms. The number of hydrogen-bond acceptors (Lipinski definition) is 6. The summed E-state index contributed by atoms with van der Waals surface area (Å²) in [6.07, 6.45) is 1.16. The zero-order valence-electron chi connectivity index (χ0n) is 9.18. The number of aromatic amines is 1. The van der Waals surface area contributed by atoms with Crippen molar-refractivity contribution in [1.29, 1.82) is 0 Å². The van der Waals surface area contributed by atoms with E-state index < -0.39 is 10.0 Å². The maximum atomic E-state index is 11.9. The van der Waals surface area contributed by atoms with Crippen LogP contribution in [0.15, 0.2) is 11.1 Å². The molecule has 0 aliphatic heterocycles. The highest BCUT2D eigenvalue weighted by molar-refractivity contribution is 7.93. The second-order valence-corrected chi connectivity index (χ2v) is 6.27. The monoisotopic (exact) mass is 273 g/mol. The van der Waals surface area contributed by atoms with E-state index in [9.17, 15) is 8.42 Å². The molecule has 0 saturated heterocycles. The summed E-state index contributed by atoms with van der Waals surface area (Å²) >= 11 is 1.27. The van der Waals surface area contributed by atoms with Gasteiger partial charge in [-0.25, -0.2) is 13.4 Å². The number of aryl methyl sites for hydroxylation is 2. The molecule has 4 N–H and O–H groups in total. The fourth-order valence-corrected chi connectivity index (χ4v) is 3.26. The Morgan fingerprint density at radius 1 is 1.47 bits per heavy atom. The lowest BCUT2D eigenvalue weighted by Gasteiger charge is -2.02. The minimum absolute atomic E-state index is 0.00231. The molecule has 0 atom stereocenters. The van der Waals surface area contributed by atoms with E-state index in [1.54, 1.807) is 0 Å². The molecular formula is C8H11N5O2S2. The minimum atomic E-state index is -3.72. The summed E-state index contributed by atoms with van der Waals surface area (Å²) in [7, 11) is -3.72. The van der Waals surface area contributed by atoms with Gasteiger partial charge < -0.3 is 5.73 Å². The lowest BCUT2D eigenvalue weighted by atomic mass is 10.4. The smallest absolute Gasteiger partial charge is 0.268 e. The molecule has 2 aromatic heterocycles. The average molecular weight is 273 g/mol. The van der Waals surface area contributed by atoms with Gasteiger partial charge in [-0.15, -0.1) is 11.3 Å². The fraction of sp³-hybridized carbons (Fsp3) is 0.250. The zero-order valence-corrected chi connectivity index (χ0v) is 10.8. The van der Waals surface area contributed by atoms with E-state index in [0.29, 0.717) is 5.13 Å². The molecule has 0 spiro atoms. The van der Waals surface area contributed by atoms with Gasteiger partial charge >= 0.3 is 0 Å². The van der Waals surface area contributed by atoms with Gasteiger partial charge in [-0.3, -0.25) is 9.82 Å². The van der Waals surface area contributed by atoms with Crippen LogP contribution in [-0.4, -0.2) is 23.6 Å². The second-order valence-electron chi connectivity index (χ2n) is 3.41. The lowest BCUT2D eigenvalue weighted by molar-refractivity contribution is 0.601. The summed E-state index contributed by atoms with van der Waals surface area (Å²) in [5, 5.41) is 6.25. The highest BCUT2D eigenvalue weighted by atomic mass is 32.2. The van der Waals surface area contributed by atoms with Crippen LogP contribution in [0.2, 0.25) is 0 Å². The van der Waals surface area contributed by atoms with Crippen molar-refractivity contribution in [1.82, 2.24) is 15.2 Å². The summed E-state index contributed by atoms with van der Waals surface area (Å²) in [4.78, 5) is 4.97. The van der Waals surface area contributed by atoms with Gasteiger partial charge in [0.25, 0.3) is 10.0 Å². The topological polar surface area (TPSA) is 114 Å². The number of rotatable bonds is 3. The van der Waals surface area contributed by atoms with E-state index in [-0.39, 0.29) is 10.7 Å². The summed E-state index contributed by atoms with van der Waals surface area (Å²) in [6.45, 7) is 3.69. The Hall–Kier alpha value is -1.61. The Labute approximate surface area is 102 Å². The van der Waals surface area contributed by atoms with E-state index >= 15 is 0 Å². The third-order valence-electron chi connectivity index (χ3n) is 2.17. The molecule has 0 fully saturated rings. The lowest BCUT2D eigenvalue weighted by Crippen LogP contribution is -2.13. The van der Waals surface area contributed by atoms with E-state index in [1.807, 2.05) is 13.8 Å². The molecule has 0 unspecified atom stereocenters. The maximum Gasteiger partial charge on any atom is 0.268 e. The van der Waals surface area contributed by atoms with Crippen LogP contribution in [0.5, 0.6) is 0 Å². The summed E-state index contributed by atoms with van der Waals surface area (Å²) in [6, 6.07) is 0. The van der Waals surface area contributed by atoms with Gasteiger partial charge in [-0.1, -0.05) is 0 Å². The van der Waals surface area contributed by atoms with Gasteiger partial charge in [-0.2, -0.15) is 5.10 Å².